The molecular formula is C16H28N4. The summed E-state index contributed by atoms with van der Waals surface area (Å²) in [6, 6.07) is 0.618. The third-order valence-corrected chi connectivity index (χ3v) is 4.22. The van der Waals surface area contributed by atoms with Gasteiger partial charge in [0.05, 0.1) is 11.9 Å². The molecule has 4 nitrogen and oxygen atoms in total. The predicted octanol–water partition coefficient (Wildman–Crippen LogP) is 2.99. The van der Waals surface area contributed by atoms with Crippen LogP contribution >= 0.6 is 0 Å². The van der Waals surface area contributed by atoms with Crippen LogP contribution in [0, 0.1) is 5.92 Å². The summed E-state index contributed by atoms with van der Waals surface area (Å²) in [7, 11) is 2.16. The largest absolute Gasteiger partial charge is 0.355 e. The second-order valence-electron chi connectivity index (χ2n) is 6.08. The standard InChI is InChI=1S/C16H28N4/c1-4-8-17-10-14-11-18-12-16(19-14)20(3)15-7-5-6-13(2)9-15/h11-13,15,17H,4-10H2,1-3H3. The minimum absolute atomic E-state index is 0.618. The highest BCUT2D eigenvalue weighted by atomic mass is 15.2. The molecule has 1 aliphatic carbocycles. The molecule has 0 spiro atoms. The van der Waals surface area contributed by atoms with Crippen LogP contribution < -0.4 is 10.2 Å². The van der Waals surface area contributed by atoms with Crippen molar-refractivity contribution in [1.29, 1.82) is 0 Å². The van der Waals surface area contributed by atoms with Gasteiger partial charge in [0.2, 0.25) is 0 Å². The van der Waals surface area contributed by atoms with Crippen LogP contribution in [0.5, 0.6) is 0 Å². The molecule has 1 saturated carbocycles. The summed E-state index contributed by atoms with van der Waals surface area (Å²) in [5, 5.41) is 3.38. The molecule has 112 valence electrons. The summed E-state index contributed by atoms with van der Waals surface area (Å²) in [5.41, 5.74) is 1.03. The zero-order chi connectivity index (χ0) is 14.4. The smallest absolute Gasteiger partial charge is 0.147 e. The number of nitrogens with zero attached hydrogens (tertiary/aromatic N) is 3. The lowest BCUT2D eigenvalue weighted by molar-refractivity contribution is 0.335. The van der Waals surface area contributed by atoms with Gasteiger partial charge in [0, 0.05) is 25.8 Å². The average Bonchev–Trinajstić information content (AvgIpc) is 2.47. The molecule has 0 amide bonds. The monoisotopic (exact) mass is 276 g/mol. The van der Waals surface area contributed by atoms with E-state index in [4.69, 9.17) is 4.98 Å². The van der Waals surface area contributed by atoms with Crippen molar-refractivity contribution in [2.45, 2.75) is 58.5 Å². The molecule has 0 saturated heterocycles. The molecule has 0 radical (unpaired) electrons. The molecule has 4 heteroatoms. The van der Waals surface area contributed by atoms with Gasteiger partial charge < -0.3 is 10.2 Å². The Labute approximate surface area is 123 Å². The van der Waals surface area contributed by atoms with E-state index in [9.17, 15) is 0 Å². The van der Waals surface area contributed by atoms with Crippen LogP contribution in [0.15, 0.2) is 12.4 Å². The van der Waals surface area contributed by atoms with E-state index >= 15 is 0 Å². The van der Waals surface area contributed by atoms with Crippen molar-refractivity contribution in [3.63, 3.8) is 0 Å². The van der Waals surface area contributed by atoms with Crippen LogP contribution in [0.3, 0.4) is 0 Å². The Morgan fingerprint density at radius 1 is 1.35 bits per heavy atom. The fourth-order valence-corrected chi connectivity index (χ4v) is 2.98. The summed E-state index contributed by atoms with van der Waals surface area (Å²) in [6.45, 7) is 6.37. The molecule has 20 heavy (non-hydrogen) atoms. The number of aromatic nitrogens is 2. The quantitative estimate of drug-likeness (QED) is 0.811. The fourth-order valence-electron chi connectivity index (χ4n) is 2.98. The highest BCUT2D eigenvalue weighted by Crippen LogP contribution is 2.28. The second kappa shape index (κ2) is 7.58. The van der Waals surface area contributed by atoms with Crippen LogP contribution in [0.4, 0.5) is 5.82 Å². The predicted molar refractivity (Wildman–Crippen MR) is 83.9 cm³/mol. The van der Waals surface area contributed by atoms with E-state index in [1.165, 1.54) is 25.7 Å². The van der Waals surface area contributed by atoms with E-state index in [0.29, 0.717) is 6.04 Å². The minimum Gasteiger partial charge on any atom is -0.355 e. The first-order chi connectivity index (χ1) is 9.70. The van der Waals surface area contributed by atoms with E-state index in [-0.39, 0.29) is 0 Å². The fraction of sp³-hybridized carbons (Fsp3) is 0.750. The normalized spacial score (nSPS) is 22.8. The third kappa shape index (κ3) is 4.17. The molecule has 1 aromatic rings. The van der Waals surface area contributed by atoms with Gasteiger partial charge in [-0.25, -0.2) is 4.98 Å². The second-order valence-corrected chi connectivity index (χ2v) is 6.08. The van der Waals surface area contributed by atoms with Crippen molar-refractivity contribution in [2.75, 3.05) is 18.5 Å². The van der Waals surface area contributed by atoms with Crippen molar-refractivity contribution in [1.82, 2.24) is 15.3 Å². The Morgan fingerprint density at radius 3 is 2.95 bits per heavy atom. The zero-order valence-corrected chi connectivity index (χ0v) is 13.1. The summed E-state index contributed by atoms with van der Waals surface area (Å²) < 4.78 is 0. The van der Waals surface area contributed by atoms with Crippen LogP contribution in [0.1, 0.15) is 51.6 Å². The SMILES string of the molecule is CCCNCc1cncc(N(C)C2CCCC(C)C2)n1. The summed E-state index contributed by atoms with van der Waals surface area (Å²) in [5.74, 6) is 1.85. The number of hydrogen-bond donors (Lipinski definition) is 1. The van der Waals surface area contributed by atoms with Gasteiger partial charge in [-0.05, 0) is 31.7 Å². The first-order valence-corrected chi connectivity index (χ1v) is 7.95. The van der Waals surface area contributed by atoms with Crippen molar-refractivity contribution in [2.24, 2.45) is 5.92 Å². The molecule has 0 aromatic carbocycles. The van der Waals surface area contributed by atoms with Gasteiger partial charge in [-0.2, -0.15) is 0 Å². The van der Waals surface area contributed by atoms with E-state index in [2.05, 4.69) is 36.1 Å². The van der Waals surface area contributed by atoms with Crippen LogP contribution in [-0.2, 0) is 6.54 Å². The van der Waals surface area contributed by atoms with E-state index < -0.39 is 0 Å². The van der Waals surface area contributed by atoms with Gasteiger partial charge in [0.15, 0.2) is 0 Å². The van der Waals surface area contributed by atoms with Gasteiger partial charge in [-0.15, -0.1) is 0 Å². The molecule has 1 aromatic heterocycles. The first-order valence-electron chi connectivity index (χ1n) is 7.95. The van der Waals surface area contributed by atoms with Gasteiger partial charge in [-0.3, -0.25) is 4.98 Å². The lowest BCUT2D eigenvalue weighted by atomic mass is 9.86. The maximum absolute atomic E-state index is 4.75. The summed E-state index contributed by atoms with van der Waals surface area (Å²) in [4.78, 5) is 11.4. The Kier molecular flexibility index (Phi) is 5.77. The van der Waals surface area contributed by atoms with Gasteiger partial charge in [-0.1, -0.05) is 26.7 Å². The minimum atomic E-state index is 0.618. The van der Waals surface area contributed by atoms with Gasteiger partial charge >= 0.3 is 0 Å². The number of rotatable bonds is 6. The molecule has 1 heterocycles. The average molecular weight is 276 g/mol. The Balaban J connectivity index is 1.98. The summed E-state index contributed by atoms with van der Waals surface area (Å²) in [6.07, 6.45) is 10.2. The maximum atomic E-state index is 4.75. The Hall–Kier alpha value is -1.16. The summed E-state index contributed by atoms with van der Waals surface area (Å²) >= 11 is 0. The van der Waals surface area contributed by atoms with Crippen molar-refractivity contribution >= 4 is 5.82 Å². The molecule has 1 aliphatic rings. The van der Waals surface area contributed by atoms with Crippen molar-refractivity contribution < 1.29 is 0 Å². The molecule has 0 aliphatic heterocycles. The van der Waals surface area contributed by atoms with Gasteiger partial charge in [0.25, 0.3) is 0 Å². The molecule has 1 N–H and O–H groups in total. The van der Waals surface area contributed by atoms with Crippen molar-refractivity contribution in [3.8, 4) is 0 Å². The van der Waals surface area contributed by atoms with Gasteiger partial charge in [0.1, 0.15) is 5.82 Å². The maximum Gasteiger partial charge on any atom is 0.147 e. The van der Waals surface area contributed by atoms with Crippen molar-refractivity contribution in [3.05, 3.63) is 18.1 Å². The first kappa shape index (κ1) is 15.2. The third-order valence-electron chi connectivity index (χ3n) is 4.22. The molecule has 2 rings (SSSR count). The Morgan fingerprint density at radius 2 is 2.20 bits per heavy atom. The highest BCUT2D eigenvalue weighted by molar-refractivity contribution is 5.36. The highest BCUT2D eigenvalue weighted by Gasteiger charge is 2.23. The zero-order valence-electron chi connectivity index (χ0n) is 13.1. The Bertz CT molecular complexity index is 407. The number of hydrogen-bond acceptors (Lipinski definition) is 4. The number of nitrogens with one attached hydrogen (secondary N) is 1. The number of anilines is 1. The van der Waals surface area contributed by atoms with E-state index in [1.54, 1.807) is 0 Å². The molecule has 2 atom stereocenters. The van der Waals surface area contributed by atoms with E-state index in [0.717, 1.165) is 36.9 Å². The van der Waals surface area contributed by atoms with Crippen LogP contribution in [0.2, 0.25) is 0 Å². The lowest BCUT2D eigenvalue weighted by Crippen LogP contribution is -2.36. The lowest BCUT2D eigenvalue weighted by Gasteiger charge is -2.34. The topological polar surface area (TPSA) is 41.1 Å². The van der Waals surface area contributed by atoms with E-state index in [1.807, 2.05) is 12.4 Å². The molecule has 2 unspecified atom stereocenters. The molecule has 0 bridgehead atoms. The van der Waals surface area contributed by atoms with Crippen LogP contribution in [0.25, 0.3) is 0 Å². The molecule has 1 fully saturated rings. The molecular weight excluding hydrogens is 248 g/mol. The van der Waals surface area contributed by atoms with Crippen LogP contribution in [-0.4, -0.2) is 29.6 Å².